The van der Waals surface area contributed by atoms with Gasteiger partial charge in [-0.3, -0.25) is 9.69 Å². The number of methoxy groups -OCH3 is 1. The molecule has 1 atom stereocenters. The number of nitrogens with one attached hydrogen (secondary N) is 1. The van der Waals surface area contributed by atoms with Crippen molar-refractivity contribution in [1.82, 2.24) is 10.2 Å². The normalized spacial score (nSPS) is 24.6. The summed E-state index contributed by atoms with van der Waals surface area (Å²) in [5.41, 5.74) is 1.12. The van der Waals surface area contributed by atoms with Crippen molar-refractivity contribution < 1.29 is 19.0 Å². The summed E-state index contributed by atoms with van der Waals surface area (Å²) in [5, 5.41) is 3.13. The number of carbonyl (C=O) groups is 1. The maximum Gasteiger partial charge on any atom is 0.223 e. The monoisotopic (exact) mass is 428 g/mol. The van der Waals surface area contributed by atoms with Gasteiger partial charge in [0.25, 0.3) is 0 Å². The number of benzene rings is 1. The Morgan fingerprint density at radius 2 is 1.97 bits per heavy atom. The Morgan fingerprint density at radius 3 is 2.74 bits per heavy atom. The molecule has 0 radical (unpaired) electrons. The zero-order valence-electron chi connectivity index (χ0n) is 18.7. The van der Waals surface area contributed by atoms with Gasteiger partial charge >= 0.3 is 0 Å². The number of likely N-dealkylation sites (tertiary alicyclic amines) is 1. The van der Waals surface area contributed by atoms with Crippen LogP contribution in [0.15, 0.2) is 30.3 Å². The van der Waals surface area contributed by atoms with Crippen molar-refractivity contribution in [3.63, 3.8) is 0 Å². The Labute approximate surface area is 185 Å². The average molecular weight is 429 g/mol. The molecule has 6 nitrogen and oxygen atoms in total. The first-order valence-electron chi connectivity index (χ1n) is 11.7. The van der Waals surface area contributed by atoms with Gasteiger partial charge in [-0.2, -0.15) is 0 Å². The maximum atomic E-state index is 12.4. The van der Waals surface area contributed by atoms with E-state index in [1.165, 1.54) is 0 Å². The standard InChI is InChI=1S/C25H36N2O4/c1-29-23-7-3-2-5-20(23)6-4-14-27-15-12-25(13-16-27)11-8-22(31-25)19-26-24(28)21-9-17-30-18-10-21/h2-7,21-22H,8-19H2,1H3,(H,26,28)/b6-4+/t22-/m0/s1. The van der Waals surface area contributed by atoms with Gasteiger partial charge in [0.05, 0.1) is 18.8 Å². The number of rotatable bonds is 7. The lowest BCUT2D eigenvalue weighted by molar-refractivity contribution is -0.129. The third-order valence-corrected chi connectivity index (χ3v) is 7.00. The van der Waals surface area contributed by atoms with Gasteiger partial charge < -0.3 is 19.5 Å². The van der Waals surface area contributed by atoms with Crippen molar-refractivity contribution in [1.29, 1.82) is 0 Å². The molecule has 1 amide bonds. The highest BCUT2D eigenvalue weighted by molar-refractivity contribution is 5.78. The van der Waals surface area contributed by atoms with Gasteiger partial charge in [0, 0.05) is 50.9 Å². The summed E-state index contributed by atoms with van der Waals surface area (Å²) in [5.74, 6) is 1.19. The van der Waals surface area contributed by atoms with E-state index in [1.807, 2.05) is 18.2 Å². The molecule has 4 rings (SSSR count). The quantitative estimate of drug-likeness (QED) is 0.722. The Kier molecular flexibility index (Phi) is 7.64. The van der Waals surface area contributed by atoms with Gasteiger partial charge in [-0.15, -0.1) is 0 Å². The predicted molar refractivity (Wildman–Crippen MR) is 121 cm³/mol. The van der Waals surface area contributed by atoms with Gasteiger partial charge in [0.2, 0.25) is 5.91 Å². The summed E-state index contributed by atoms with van der Waals surface area (Å²) in [7, 11) is 1.71. The summed E-state index contributed by atoms with van der Waals surface area (Å²) in [6.45, 7) is 5.09. The van der Waals surface area contributed by atoms with E-state index in [0.29, 0.717) is 19.8 Å². The van der Waals surface area contributed by atoms with Gasteiger partial charge in [-0.25, -0.2) is 0 Å². The lowest BCUT2D eigenvalue weighted by atomic mass is 9.88. The zero-order valence-corrected chi connectivity index (χ0v) is 18.7. The van der Waals surface area contributed by atoms with Crippen LogP contribution >= 0.6 is 0 Å². The van der Waals surface area contributed by atoms with Crippen molar-refractivity contribution >= 4 is 12.0 Å². The predicted octanol–water partition coefficient (Wildman–Crippen LogP) is 3.26. The molecule has 3 fully saturated rings. The van der Waals surface area contributed by atoms with E-state index in [1.54, 1.807) is 7.11 Å². The molecule has 1 N–H and O–H groups in total. The molecule has 0 bridgehead atoms. The van der Waals surface area contributed by atoms with Crippen LogP contribution in [0.4, 0.5) is 0 Å². The van der Waals surface area contributed by atoms with E-state index in [-0.39, 0.29) is 23.5 Å². The maximum absolute atomic E-state index is 12.4. The third kappa shape index (κ3) is 5.88. The van der Waals surface area contributed by atoms with E-state index in [0.717, 1.165) is 69.5 Å². The van der Waals surface area contributed by atoms with Crippen LogP contribution in [-0.4, -0.2) is 69.0 Å². The van der Waals surface area contributed by atoms with Crippen LogP contribution in [0, 0.1) is 5.92 Å². The Balaban J connectivity index is 1.18. The molecular weight excluding hydrogens is 392 g/mol. The van der Waals surface area contributed by atoms with E-state index in [4.69, 9.17) is 14.2 Å². The lowest BCUT2D eigenvalue weighted by Gasteiger charge is -2.39. The highest BCUT2D eigenvalue weighted by atomic mass is 16.5. The SMILES string of the molecule is COc1ccccc1/C=C/CN1CCC2(CC[C@@H](CNC(=O)C3CCOCC3)O2)CC1. The average Bonchev–Trinajstić information content (AvgIpc) is 3.22. The minimum atomic E-state index is 0.0109. The fourth-order valence-electron chi connectivity index (χ4n) is 5.00. The lowest BCUT2D eigenvalue weighted by Crippen LogP contribution is -2.45. The van der Waals surface area contributed by atoms with Crippen LogP contribution in [0.3, 0.4) is 0 Å². The van der Waals surface area contributed by atoms with Crippen molar-refractivity contribution in [2.75, 3.05) is 46.5 Å². The second-order valence-corrected chi connectivity index (χ2v) is 9.04. The van der Waals surface area contributed by atoms with Crippen LogP contribution in [0.5, 0.6) is 5.75 Å². The number of para-hydroxylation sites is 1. The van der Waals surface area contributed by atoms with Gasteiger partial charge in [0.1, 0.15) is 5.75 Å². The summed E-state index contributed by atoms with van der Waals surface area (Å²) in [6, 6.07) is 8.09. The molecule has 0 aliphatic carbocycles. The Bertz CT molecular complexity index is 752. The molecular formula is C25H36N2O4. The molecule has 1 spiro atoms. The number of piperidine rings is 1. The minimum Gasteiger partial charge on any atom is -0.496 e. The molecule has 3 heterocycles. The van der Waals surface area contributed by atoms with E-state index in [9.17, 15) is 4.79 Å². The molecule has 31 heavy (non-hydrogen) atoms. The fourth-order valence-corrected chi connectivity index (χ4v) is 5.00. The van der Waals surface area contributed by atoms with Crippen LogP contribution in [-0.2, 0) is 14.3 Å². The molecule has 0 aromatic heterocycles. The largest absolute Gasteiger partial charge is 0.496 e. The molecule has 3 saturated heterocycles. The fraction of sp³-hybridized carbons (Fsp3) is 0.640. The van der Waals surface area contributed by atoms with Crippen molar-refractivity contribution in [2.24, 2.45) is 5.92 Å². The number of hydrogen-bond donors (Lipinski definition) is 1. The van der Waals surface area contributed by atoms with Crippen molar-refractivity contribution in [3.05, 3.63) is 35.9 Å². The first-order valence-corrected chi connectivity index (χ1v) is 11.7. The molecule has 0 unspecified atom stereocenters. The number of ether oxygens (including phenoxy) is 3. The van der Waals surface area contributed by atoms with Gasteiger partial charge in [-0.1, -0.05) is 30.4 Å². The molecule has 1 aromatic carbocycles. The molecule has 170 valence electrons. The molecule has 3 aliphatic heterocycles. The smallest absolute Gasteiger partial charge is 0.223 e. The summed E-state index contributed by atoms with van der Waals surface area (Å²) < 4.78 is 17.2. The van der Waals surface area contributed by atoms with E-state index in [2.05, 4.69) is 28.4 Å². The molecule has 1 aromatic rings. The summed E-state index contributed by atoms with van der Waals surface area (Å²) in [6.07, 6.45) is 10.5. The molecule has 3 aliphatic rings. The first-order chi connectivity index (χ1) is 15.2. The second-order valence-electron chi connectivity index (χ2n) is 9.04. The van der Waals surface area contributed by atoms with Gasteiger partial charge in [0.15, 0.2) is 0 Å². The van der Waals surface area contributed by atoms with Crippen LogP contribution in [0.1, 0.15) is 44.1 Å². The van der Waals surface area contributed by atoms with Crippen molar-refractivity contribution in [2.45, 2.75) is 50.2 Å². The molecule has 0 saturated carbocycles. The Hall–Kier alpha value is -1.89. The number of amides is 1. The highest BCUT2D eigenvalue weighted by Crippen LogP contribution is 2.38. The second kappa shape index (κ2) is 10.6. The van der Waals surface area contributed by atoms with Crippen molar-refractivity contribution in [3.8, 4) is 5.75 Å². The topological polar surface area (TPSA) is 60.0 Å². The Morgan fingerprint density at radius 1 is 1.19 bits per heavy atom. The minimum absolute atomic E-state index is 0.0109. The highest BCUT2D eigenvalue weighted by Gasteiger charge is 2.42. The number of carbonyl (C=O) groups excluding carboxylic acids is 1. The third-order valence-electron chi connectivity index (χ3n) is 7.00. The van der Waals surface area contributed by atoms with E-state index < -0.39 is 0 Å². The van der Waals surface area contributed by atoms with Gasteiger partial charge in [-0.05, 0) is 44.6 Å². The van der Waals surface area contributed by atoms with Crippen LogP contribution < -0.4 is 10.1 Å². The number of hydrogen-bond acceptors (Lipinski definition) is 5. The summed E-state index contributed by atoms with van der Waals surface area (Å²) in [4.78, 5) is 14.9. The summed E-state index contributed by atoms with van der Waals surface area (Å²) >= 11 is 0. The number of nitrogens with zero attached hydrogens (tertiary/aromatic N) is 1. The zero-order chi connectivity index (χ0) is 21.5. The van der Waals surface area contributed by atoms with Crippen LogP contribution in [0.2, 0.25) is 0 Å². The van der Waals surface area contributed by atoms with E-state index >= 15 is 0 Å². The molecule has 6 heteroatoms. The van der Waals surface area contributed by atoms with Crippen LogP contribution in [0.25, 0.3) is 6.08 Å². The first kappa shape index (κ1) is 22.3.